The minimum absolute atomic E-state index is 0.0862. The lowest BCUT2D eigenvalue weighted by molar-refractivity contribution is -0.150. The van der Waals surface area contributed by atoms with E-state index in [9.17, 15) is 19.5 Å². The van der Waals surface area contributed by atoms with Gasteiger partial charge in [0.1, 0.15) is 18.2 Å². The molecule has 1 atom stereocenters. The largest absolute Gasteiger partial charge is 0.480 e. The summed E-state index contributed by atoms with van der Waals surface area (Å²) >= 11 is 0. The van der Waals surface area contributed by atoms with Crippen LogP contribution >= 0.6 is 0 Å². The molecule has 0 spiro atoms. The Morgan fingerprint density at radius 1 is 0.905 bits per heavy atom. The maximum atomic E-state index is 13.5. The summed E-state index contributed by atoms with van der Waals surface area (Å²) in [5, 5.41) is 15.7. The van der Waals surface area contributed by atoms with Crippen LogP contribution in [-0.4, -0.2) is 59.3 Å². The molecule has 3 N–H and O–H groups in total. The zero-order valence-electron chi connectivity index (χ0n) is 24.2. The topological polar surface area (TPSA) is 108 Å². The summed E-state index contributed by atoms with van der Waals surface area (Å²) in [6.45, 7) is 5.84. The van der Waals surface area contributed by atoms with Crippen LogP contribution in [0.4, 0.5) is 4.79 Å². The van der Waals surface area contributed by atoms with Crippen LogP contribution in [0.25, 0.3) is 11.1 Å². The molecule has 2 aliphatic rings. The van der Waals surface area contributed by atoms with E-state index in [4.69, 9.17) is 4.74 Å². The number of carboxylic acid groups (broad SMARTS) is 1. The molecule has 0 saturated carbocycles. The van der Waals surface area contributed by atoms with Crippen molar-refractivity contribution in [2.45, 2.75) is 57.2 Å². The summed E-state index contributed by atoms with van der Waals surface area (Å²) in [6, 6.07) is 25.3. The number of carboxylic acids is 1. The van der Waals surface area contributed by atoms with Crippen molar-refractivity contribution >= 4 is 18.0 Å². The van der Waals surface area contributed by atoms with Gasteiger partial charge in [-0.05, 0) is 53.0 Å². The molecule has 42 heavy (non-hydrogen) atoms. The third kappa shape index (κ3) is 6.49. The molecule has 0 unspecified atom stereocenters. The van der Waals surface area contributed by atoms with Gasteiger partial charge in [-0.15, -0.1) is 0 Å². The molecule has 0 bridgehead atoms. The zero-order valence-corrected chi connectivity index (χ0v) is 24.2. The van der Waals surface area contributed by atoms with E-state index in [0.29, 0.717) is 19.5 Å². The zero-order chi connectivity index (χ0) is 29.7. The van der Waals surface area contributed by atoms with E-state index < -0.39 is 29.6 Å². The highest BCUT2D eigenvalue weighted by Crippen LogP contribution is 2.44. The number of amides is 2. The first-order valence-corrected chi connectivity index (χ1v) is 14.7. The predicted molar refractivity (Wildman–Crippen MR) is 161 cm³/mol. The molecule has 2 amide bonds. The number of aliphatic carboxylic acids is 1. The first-order valence-electron chi connectivity index (χ1n) is 14.7. The minimum atomic E-state index is -1.39. The van der Waals surface area contributed by atoms with Gasteiger partial charge in [0.25, 0.3) is 0 Å². The molecule has 1 saturated heterocycles. The molecular weight excluding hydrogens is 530 g/mol. The van der Waals surface area contributed by atoms with E-state index >= 15 is 0 Å². The van der Waals surface area contributed by atoms with E-state index in [1.54, 1.807) is 0 Å². The third-order valence-electron chi connectivity index (χ3n) is 8.39. The fraction of sp³-hybridized carbons (Fsp3) is 0.382. The Bertz CT molecular complexity index is 1370. The van der Waals surface area contributed by atoms with E-state index in [1.165, 1.54) is 0 Å². The molecule has 8 heteroatoms. The van der Waals surface area contributed by atoms with Crippen LogP contribution in [0.15, 0.2) is 78.9 Å². The van der Waals surface area contributed by atoms with Crippen LogP contribution in [-0.2, 0) is 20.9 Å². The van der Waals surface area contributed by atoms with Crippen LogP contribution in [0.5, 0.6) is 0 Å². The summed E-state index contributed by atoms with van der Waals surface area (Å²) in [5.41, 5.74) is 4.24. The monoisotopic (exact) mass is 569 g/mol. The molecule has 220 valence electrons. The number of hydrogen-bond donors (Lipinski definition) is 3. The SMILES string of the molecule is CC(C)C[C@@H](NC(=O)OCC1c2ccccc2-c2ccccc21)C(=O)NC1(C(=O)O)CCN(Cc2ccccc2)CC1. The lowest BCUT2D eigenvalue weighted by Crippen LogP contribution is -2.63. The molecule has 1 fully saturated rings. The lowest BCUT2D eigenvalue weighted by atomic mass is 9.86. The van der Waals surface area contributed by atoms with E-state index in [2.05, 4.69) is 27.7 Å². The van der Waals surface area contributed by atoms with Gasteiger partial charge >= 0.3 is 12.1 Å². The number of carbonyl (C=O) groups is 3. The molecule has 3 aromatic carbocycles. The number of hydrogen-bond acceptors (Lipinski definition) is 5. The first kappa shape index (κ1) is 29.3. The number of nitrogens with zero attached hydrogens (tertiary/aromatic N) is 1. The molecule has 8 nitrogen and oxygen atoms in total. The maximum Gasteiger partial charge on any atom is 0.407 e. The lowest BCUT2D eigenvalue weighted by Gasteiger charge is -2.40. The number of benzene rings is 3. The van der Waals surface area contributed by atoms with Gasteiger partial charge in [-0.3, -0.25) is 9.69 Å². The van der Waals surface area contributed by atoms with Gasteiger partial charge in [0, 0.05) is 25.6 Å². The quantitative estimate of drug-likeness (QED) is 0.311. The number of likely N-dealkylation sites (tertiary alicyclic amines) is 1. The average Bonchev–Trinajstić information content (AvgIpc) is 3.30. The van der Waals surface area contributed by atoms with Gasteiger partial charge in [0.05, 0.1) is 0 Å². The van der Waals surface area contributed by atoms with E-state index in [1.807, 2.05) is 80.6 Å². The number of carbonyl (C=O) groups excluding carboxylic acids is 2. The predicted octanol–water partition coefficient (Wildman–Crippen LogP) is 5.18. The van der Waals surface area contributed by atoms with Crippen LogP contribution in [0, 0.1) is 5.92 Å². The molecule has 1 heterocycles. The number of rotatable bonds is 10. The van der Waals surface area contributed by atoms with Crippen molar-refractivity contribution in [1.29, 1.82) is 0 Å². The first-order chi connectivity index (χ1) is 20.3. The molecule has 0 radical (unpaired) electrons. The van der Waals surface area contributed by atoms with Crippen LogP contribution in [0.3, 0.4) is 0 Å². The Morgan fingerprint density at radius 3 is 2.05 bits per heavy atom. The van der Waals surface area contributed by atoms with Gasteiger partial charge in [0.15, 0.2) is 0 Å². The molecule has 0 aromatic heterocycles. The van der Waals surface area contributed by atoms with Crippen molar-refractivity contribution in [3.05, 3.63) is 95.6 Å². The third-order valence-corrected chi connectivity index (χ3v) is 8.39. The van der Waals surface area contributed by atoms with Crippen LogP contribution in [0.2, 0.25) is 0 Å². The highest BCUT2D eigenvalue weighted by molar-refractivity contribution is 5.91. The van der Waals surface area contributed by atoms with Crippen molar-refractivity contribution in [2.75, 3.05) is 19.7 Å². The van der Waals surface area contributed by atoms with Gasteiger partial charge in [0.2, 0.25) is 5.91 Å². The van der Waals surface area contributed by atoms with Crippen LogP contribution < -0.4 is 10.6 Å². The highest BCUT2D eigenvalue weighted by atomic mass is 16.5. The Labute approximate surface area is 247 Å². The van der Waals surface area contributed by atoms with Gasteiger partial charge in [-0.2, -0.15) is 0 Å². The normalized spacial score (nSPS) is 16.7. The molecular formula is C34H39N3O5. The molecule has 1 aliphatic heterocycles. The van der Waals surface area contributed by atoms with Gasteiger partial charge in [-0.1, -0.05) is 92.7 Å². The van der Waals surface area contributed by atoms with Crippen molar-refractivity contribution < 1.29 is 24.2 Å². The number of nitrogens with one attached hydrogen (secondary N) is 2. The van der Waals surface area contributed by atoms with E-state index in [0.717, 1.165) is 34.4 Å². The van der Waals surface area contributed by atoms with Crippen molar-refractivity contribution in [2.24, 2.45) is 5.92 Å². The molecule has 3 aromatic rings. The maximum absolute atomic E-state index is 13.5. The average molecular weight is 570 g/mol. The summed E-state index contributed by atoms with van der Waals surface area (Å²) < 4.78 is 5.68. The summed E-state index contributed by atoms with van der Waals surface area (Å²) in [4.78, 5) is 41.1. The van der Waals surface area contributed by atoms with Crippen molar-refractivity contribution in [1.82, 2.24) is 15.5 Å². The smallest absolute Gasteiger partial charge is 0.407 e. The second kappa shape index (κ2) is 12.8. The fourth-order valence-corrected chi connectivity index (χ4v) is 6.14. The number of piperidine rings is 1. The van der Waals surface area contributed by atoms with Gasteiger partial charge < -0.3 is 20.5 Å². The second-order valence-electron chi connectivity index (χ2n) is 11.8. The highest BCUT2D eigenvalue weighted by Gasteiger charge is 2.44. The number of alkyl carbamates (subject to hydrolysis) is 1. The Hall–Kier alpha value is -4.17. The molecule has 1 aliphatic carbocycles. The fourth-order valence-electron chi connectivity index (χ4n) is 6.14. The van der Waals surface area contributed by atoms with Gasteiger partial charge in [-0.25, -0.2) is 9.59 Å². The van der Waals surface area contributed by atoms with Crippen molar-refractivity contribution in [3.63, 3.8) is 0 Å². The number of ether oxygens (including phenoxy) is 1. The summed E-state index contributed by atoms with van der Waals surface area (Å²) in [5.74, 6) is -1.57. The summed E-state index contributed by atoms with van der Waals surface area (Å²) in [7, 11) is 0. The van der Waals surface area contributed by atoms with Crippen LogP contribution in [0.1, 0.15) is 55.7 Å². The standard InChI is InChI=1S/C34H39N3O5/c1-23(2)20-30(31(38)36-34(32(39)40)16-18-37(19-17-34)21-24-10-4-3-5-11-24)35-33(41)42-22-29-27-14-8-6-12-25(27)26-13-7-9-15-28(26)29/h3-15,23,29-30H,16-22H2,1-2H3,(H,35,41)(H,36,38)(H,39,40)/t30-/m1/s1. The second-order valence-corrected chi connectivity index (χ2v) is 11.8. The number of fused-ring (bicyclic) bond motifs is 3. The Morgan fingerprint density at radius 2 is 1.48 bits per heavy atom. The van der Waals surface area contributed by atoms with Crippen molar-refractivity contribution in [3.8, 4) is 11.1 Å². The minimum Gasteiger partial charge on any atom is -0.480 e. The van der Waals surface area contributed by atoms with E-state index in [-0.39, 0.29) is 31.3 Å². The summed E-state index contributed by atoms with van der Waals surface area (Å²) in [6.07, 6.45) is 0.214. The Balaban J connectivity index is 1.21. The Kier molecular flexibility index (Phi) is 8.92. The molecule has 5 rings (SSSR count).